The number of nitrogens with zero attached hydrogens (tertiary/aromatic N) is 1. The maximum absolute atomic E-state index is 10.9. The van der Waals surface area contributed by atoms with Crippen LogP contribution in [-0.2, 0) is 32.1 Å². The molecule has 0 amide bonds. The van der Waals surface area contributed by atoms with Gasteiger partial charge in [-0.1, -0.05) is 0 Å². The summed E-state index contributed by atoms with van der Waals surface area (Å²) in [7, 11) is -3.07. The van der Waals surface area contributed by atoms with Crippen LogP contribution in [0.1, 0.15) is 0 Å². The Balaban J connectivity index is -0.000000500. The van der Waals surface area contributed by atoms with Crippen molar-refractivity contribution >= 4 is 32.1 Å². The van der Waals surface area contributed by atoms with Crippen molar-refractivity contribution in [2.75, 3.05) is 11.3 Å². The summed E-state index contributed by atoms with van der Waals surface area (Å²) in [6, 6.07) is 0. The fraction of sp³-hybridized carbons (Fsp3) is 1.00. The minimum Gasteiger partial charge on any atom is -0.772 e. The molecule has 0 bridgehead atoms. The molecule has 0 saturated heterocycles. The second kappa shape index (κ2) is 5.77. The maximum atomic E-state index is 10.9. The van der Waals surface area contributed by atoms with Gasteiger partial charge in [0.1, 0.15) is 0 Å². The van der Waals surface area contributed by atoms with Crippen molar-refractivity contribution in [1.82, 2.24) is 0 Å². The van der Waals surface area contributed by atoms with Gasteiger partial charge in [-0.25, -0.2) is 8.42 Å². The van der Waals surface area contributed by atoms with E-state index in [4.69, 9.17) is 4.55 Å². The van der Waals surface area contributed by atoms with Gasteiger partial charge in [0, 0.05) is 6.26 Å². The average molecular weight is 754 g/mol. The van der Waals surface area contributed by atoms with Gasteiger partial charge in [0.25, 0.3) is 11.3 Å². The predicted octanol–water partition coefficient (Wildman–Crippen LogP) is -0.942. The number of hydrogen-bond acceptors (Lipinski definition) is 4. The molecular formula is C2H6NO5Rf2S3-. The molecule has 3 atom stereocenters. The van der Waals surface area contributed by atoms with Crippen LogP contribution < -0.4 is 0 Å². The van der Waals surface area contributed by atoms with Crippen LogP contribution in [0.15, 0.2) is 3.77 Å². The quantitative estimate of drug-likeness (QED) is 0.375. The molecule has 0 heterocycles. The molecule has 0 aromatic heterocycles. The maximum Gasteiger partial charge on any atom is 0.290 e. The predicted molar refractivity (Wildman–Crippen MR) is 41.1 cm³/mol. The molecule has 0 spiro atoms. The van der Waals surface area contributed by atoms with E-state index in [0.717, 1.165) is 6.26 Å². The van der Waals surface area contributed by atoms with Crippen molar-refractivity contribution in [3.8, 4) is 0 Å². The molecule has 0 aliphatic rings. The third-order valence-electron chi connectivity index (χ3n) is 0.536. The monoisotopic (exact) mass is 754 g/mol. The Labute approximate surface area is 69.3 Å². The molecule has 0 radical (unpaired) electrons. The van der Waals surface area contributed by atoms with Crippen LogP contribution in [0.5, 0.6) is 0 Å². The summed E-state index contributed by atoms with van der Waals surface area (Å²) in [5.41, 5.74) is 0. The Morgan fingerprint density at radius 2 is 1.85 bits per heavy atom. The first kappa shape index (κ1) is 17.3. The third kappa shape index (κ3) is 10.2. The summed E-state index contributed by atoms with van der Waals surface area (Å²) in [4.78, 5) is 0. The normalized spacial score (nSPS) is 18.4. The molecule has 3 unspecified atom stereocenters. The third-order valence-corrected chi connectivity index (χ3v) is 4.83. The van der Waals surface area contributed by atoms with E-state index < -0.39 is 37.2 Å². The van der Waals surface area contributed by atoms with Crippen LogP contribution in [0.25, 0.3) is 0 Å². The van der Waals surface area contributed by atoms with E-state index in [0.29, 0.717) is 0 Å². The molecular weight excluding hydrogens is 748 g/mol. The Hall–Kier alpha value is -1.83. The molecule has 1 N–H and O–H groups in total. The average Bonchev–Trinajstić information content (AvgIpc) is 1.53. The van der Waals surface area contributed by atoms with Crippen molar-refractivity contribution in [2.24, 2.45) is 3.77 Å². The minimum atomic E-state index is -3.07. The largest absolute Gasteiger partial charge is 0.772 e. The molecule has 0 saturated carbocycles. The first-order valence-electron chi connectivity index (χ1n) is 2.20. The first-order valence-corrected chi connectivity index (χ1v) is 6.60. The second-order valence-corrected chi connectivity index (χ2v) is 6.21. The SMILES string of the molecule is CS(=O)(CS(=O)[O-])=NS(=O)O.[Rf].[Rf]. The van der Waals surface area contributed by atoms with E-state index >= 15 is 0 Å². The van der Waals surface area contributed by atoms with Crippen LogP contribution in [0.4, 0.5) is 0 Å². The van der Waals surface area contributed by atoms with Crippen molar-refractivity contribution in [3.05, 3.63) is 0 Å². The zero-order chi connectivity index (χ0) is 9.07. The summed E-state index contributed by atoms with van der Waals surface area (Å²) >= 11 is -5.09. The van der Waals surface area contributed by atoms with Crippen molar-refractivity contribution < 1.29 is 21.7 Å². The molecule has 13 heavy (non-hydrogen) atoms. The van der Waals surface area contributed by atoms with Gasteiger partial charge < -0.3 is 4.55 Å². The Kier molecular flexibility index (Phi) is 7.69. The van der Waals surface area contributed by atoms with E-state index in [1.54, 1.807) is 0 Å². The van der Waals surface area contributed by atoms with E-state index in [2.05, 4.69) is 3.77 Å². The first-order chi connectivity index (χ1) is 4.83. The van der Waals surface area contributed by atoms with Gasteiger partial charge in [-0.3, -0.25) is 8.76 Å². The zero-order valence-corrected chi connectivity index (χ0v) is 22.1. The van der Waals surface area contributed by atoms with Gasteiger partial charge in [-0.2, -0.15) is 0 Å². The van der Waals surface area contributed by atoms with Crippen LogP contribution in [0.2, 0.25) is 0 Å². The zero-order valence-electron chi connectivity index (χ0n) is 6.87. The second-order valence-electron chi connectivity index (χ2n) is 1.69. The molecule has 0 aromatic rings. The Morgan fingerprint density at radius 3 is 2.08 bits per heavy atom. The number of hydrogen-bond donors (Lipinski definition) is 1. The van der Waals surface area contributed by atoms with Crippen LogP contribution in [-0.4, -0.2) is 33.1 Å². The van der Waals surface area contributed by atoms with Crippen LogP contribution in [0.3, 0.4) is 0 Å². The molecule has 6 nitrogen and oxygen atoms in total. The van der Waals surface area contributed by atoms with Gasteiger partial charge in [-0.15, -0.1) is 3.77 Å². The molecule has 0 aliphatic heterocycles. The molecule has 0 fully saturated rings. The van der Waals surface area contributed by atoms with E-state index in [9.17, 15) is 17.2 Å². The van der Waals surface area contributed by atoms with Gasteiger partial charge in [0.2, 0.25) is 0 Å². The summed E-state index contributed by atoms with van der Waals surface area (Å²) < 4.78 is 51.7. The summed E-state index contributed by atoms with van der Waals surface area (Å²) in [6.45, 7) is 0. The fourth-order valence-electron chi connectivity index (χ4n) is 0.335. The van der Waals surface area contributed by atoms with Gasteiger partial charge in [0.15, 0.2) is 0 Å². The fourth-order valence-corrected chi connectivity index (χ4v) is 3.40. The van der Waals surface area contributed by atoms with Crippen molar-refractivity contribution in [2.45, 2.75) is 0 Å². The van der Waals surface area contributed by atoms with Crippen LogP contribution in [0, 0.1) is 0 Å². The molecule has 0 aliphatic carbocycles. The number of rotatable bonds is 3. The van der Waals surface area contributed by atoms with Gasteiger partial charge >= 0.3 is 0 Å². The Morgan fingerprint density at radius 1 is 1.46 bits per heavy atom. The Bertz CT molecular complexity index is 296. The standard InChI is InChI=1S/C2H7NO5S3.2Rf/c1-11(8,2-9(4)5)3-10(6)7;;/h2H2,1H3,(H,4,5)(H,6,7);;/p-1. The smallest absolute Gasteiger partial charge is 0.290 e. The molecule has 0 rings (SSSR count). The van der Waals surface area contributed by atoms with E-state index in [1.807, 2.05) is 0 Å². The minimum absolute atomic E-state index is 0. The van der Waals surface area contributed by atoms with Crippen molar-refractivity contribution in [1.29, 1.82) is 0 Å². The molecule has 11 heteroatoms. The van der Waals surface area contributed by atoms with Crippen molar-refractivity contribution in [3.63, 3.8) is 0 Å². The van der Waals surface area contributed by atoms with Crippen LogP contribution >= 0.6 is 0 Å². The van der Waals surface area contributed by atoms with E-state index in [1.165, 1.54) is 0 Å². The molecule has 0 aromatic carbocycles. The summed E-state index contributed by atoms with van der Waals surface area (Å²) in [5, 5.41) is -0.723. The van der Waals surface area contributed by atoms with Gasteiger partial charge in [-0.05, 0) is 11.1 Å². The summed E-state index contributed by atoms with van der Waals surface area (Å²) in [5.74, 6) is 0. The van der Waals surface area contributed by atoms with Gasteiger partial charge in [0.05, 0.1) is 14.8 Å². The summed E-state index contributed by atoms with van der Waals surface area (Å²) in [6.07, 6.45) is 0.997. The van der Waals surface area contributed by atoms with E-state index in [-0.39, 0.29) is 0 Å². The molecule has 72 valence electrons. The topological polar surface area (TPSA) is 107 Å².